The van der Waals surface area contributed by atoms with E-state index >= 15 is 0 Å². The molecule has 0 aliphatic rings. The van der Waals surface area contributed by atoms with E-state index in [1.54, 1.807) is 36.0 Å². The summed E-state index contributed by atoms with van der Waals surface area (Å²) in [7, 11) is 0. The van der Waals surface area contributed by atoms with Crippen LogP contribution >= 0.6 is 34.9 Å². The van der Waals surface area contributed by atoms with E-state index in [4.69, 9.17) is 0 Å². The van der Waals surface area contributed by atoms with E-state index in [1.165, 1.54) is 41.1 Å². The van der Waals surface area contributed by atoms with Crippen molar-refractivity contribution in [1.82, 2.24) is 10.2 Å². The molecule has 0 radical (unpaired) electrons. The molecule has 3 aromatic rings. The molecule has 1 atom stereocenters. The van der Waals surface area contributed by atoms with Gasteiger partial charge < -0.3 is 5.32 Å². The molecule has 2 aromatic carbocycles. The fourth-order valence-electron chi connectivity index (χ4n) is 2.68. The number of aromatic nitrogens is 2. The van der Waals surface area contributed by atoms with Crippen molar-refractivity contribution in [3.8, 4) is 0 Å². The topological polar surface area (TPSA) is 72.0 Å². The van der Waals surface area contributed by atoms with Gasteiger partial charge >= 0.3 is 0 Å². The summed E-state index contributed by atoms with van der Waals surface area (Å²) in [6.07, 6.45) is 0. The van der Waals surface area contributed by atoms with Crippen molar-refractivity contribution in [2.24, 2.45) is 0 Å². The highest BCUT2D eigenvalue weighted by Crippen LogP contribution is 2.33. The van der Waals surface area contributed by atoms with Gasteiger partial charge in [-0.2, -0.15) is 0 Å². The zero-order valence-corrected chi connectivity index (χ0v) is 20.4. The van der Waals surface area contributed by atoms with Crippen molar-refractivity contribution >= 4 is 52.2 Å². The number of ketones is 1. The van der Waals surface area contributed by atoms with Gasteiger partial charge in [0.2, 0.25) is 5.91 Å². The van der Waals surface area contributed by atoms with E-state index in [2.05, 4.69) is 53.6 Å². The molecule has 0 fully saturated rings. The Labute approximate surface area is 195 Å². The van der Waals surface area contributed by atoms with Crippen LogP contribution in [0.4, 0.5) is 5.69 Å². The van der Waals surface area contributed by atoms with Crippen LogP contribution in [0.25, 0.3) is 0 Å². The highest BCUT2D eigenvalue weighted by Gasteiger charge is 2.18. The SMILES string of the molecule is CC(=O)c1ccc(NC(=O)C(C)Sc2nnc(SCc3ccc(C(C)C)cc3)s2)cc1. The fraction of sp³-hybridized carbons (Fsp3) is 0.304. The van der Waals surface area contributed by atoms with Crippen molar-refractivity contribution in [3.05, 3.63) is 65.2 Å². The number of rotatable bonds is 9. The molecule has 1 heterocycles. The molecule has 5 nitrogen and oxygen atoms in total. The molecule has 0 spiro atoms. The Bertz CT molecular complexity index is 1030. The van der Waals surface area contributed by atoms with Crippen molar-refractivity contribution < 1.29 is 9.59 Å². The number of nitrogens with one attached hydrogen (secondary N) is 1. The average molecular weight is 472 g/mol. The van der Waals surface area contributed by atoms with E-state index in [0.29, 0.717) is 17.2 Å². The number of hydrogen-bond acceptors (Lipinski definition) is 7. The van der Waals surface area contributed by atoms with Gasteiger partial charge in [0.15, 0.2) is 14.5 Å². The Morgan fingerprint density at radius 3 is 2.23 bits per heavy atom. The first kappa shape index (κ1) is 23.5. The zero-order valence-electron chi connectivity index (χ0n) is 17.9. The molecule has 0 saturated heterocycles. The van der Waals surface area contributed by atoms with Crippen LogP contribution < -0.4 is 5.32 Å². The minimum atomic E-state index is -0.318. The maximum Gasteiger partial charge on any atom is 0.237 e. The summed E-state index contributed by atoms with van der Waals surface area (Å²) in [5.41, 5.74) is 3.88. The maximum atomic E-state index is 12.5. The number of amides is 1. The van der Waals surface area contributed by atoms with Gasteiger partial charge in [-0.3, -0.25) is 9.59 Å². The first-order valence-electron chi connectivity index (χ1n) is 9.95. The minimum absolute atomic E-state index is 0.000633. The first-order valence-corrected chi connectivity index (χ1v) is 12.6. The van der Waals surface area contributed by atoms with Crippen molar-refractivity contribution in [2.75, 3.05) is 5.32 Å². The van der Waals surface area contributed by atoms with Crippen LogP contribution in [0.3, 0.4) is 0 Å². The van der Waals surface area contributed by atoms with E-state index in [-0.39, 0.29) is 16.9 Å². The zero-order chi connectivity index (χ0) is 22.4. The van der Waals surface area contributed by atoms with Crippen LogP contribution in [-0.4, -0.2) is 27.1 Å². The molecule has 8 heteroatoms. The van der Waals surface area contributed by atoms with E-state index in [9.17, 15) is 9.59 Å². The van der Waals surface area contributed by atoms with Gasteiger partial charge in [-0.1, -0.05) is 73.0 Å². The summed E-state index contributed by atoms with van der Waals surface area (Å²) in [4.78, 5) is 23.8. The number of benzene rings is 2. The second-order valence-corrected chi connectivity index (χ2v) is 11.2. The molecule has 31 heavy (non-hydrogen) atoms. The maximum absolute atomic E-state index is 12.5. The second-order valence-electron chi connectivity index (χ2n) is 7.40. The second kappa shape index (κ2) is 10.9. The standard InChI is InChI=1S/C23H25N3O2S3/c1-14(2)18-7-5-17(6-8-18)13-29-22-25-26-23(31-22)30-16(4)21(28)24-20-11-9-19(10-12-20)15(3)27/h5-12,14,16H,13H2,1-4H3,(H,24,28). The summed E-state index contributed by atoms with van der Waals surface area (Å²) in [5.74, 6) is 1.25. The molecule has 0 aliphatic carbocycles. The predicted octanol–water partition coefficient (Wildman–Crippen LogP) is 6.28. The lowest BCUT2D eigenvalue weighted by Gasteiger charge is -2.10. The average Bonchev–Trinajstić information content (AvgIpc) is 3.20. The monoisotopic (exact) mass is 471 g/mol. The van der Waals surface area contributed by atoms with Crippen LogP contribution in [0, 0.1) is 0 Å². The lowest BCUT2D eigenvalue weighted by molar-refractivity contribution is -0.115. The summed E-state index contributed by atoms with van der Waals surface area (Å²) >= 11 is 4.55. The smallest absolute Gasteiger partial charge is 0.237 e. The molecule has 0 saturated carbocycles. The van der Waals surface area contributed by atoms with Crippen LogP contribution in [0.2, 0.25) is 0 Å². The lowest BCUT2D eigenvalue weighted by Crippen LogP contribution is -2.22. The Kier molecular flexibility index (Phi) is 8.28. The molecular formula is C23H25N3O2S3. The summed E-state index contributed by atoms with van der Waals surface area (Å²) in [6.45, 7) is 7.74. The summed E-state index contributed by atoms with van der Waals surface area (Å²) < 4.78 is 1.66. The first-order chi connectivity index (χ1) is 14.8. The van der Waals surface area contributed by atoms with Crippen LogP contribution in [-0.2, 0) is 10.5 Å². The van der Waals surface area contributed by atoms with Gasteiger partial charge in [0, 0.05) is 17.0 Å². The van der Waals surface area contributed by atoms with Gasteiger partial charge in [-0.15, -0.1) is 10.2 Å². The summed E-state index contributed by atoms with van der Waals surface area (Å²) in [5, 5.41) is 11.0. The van der Waals surface area contributed by atoms with Crippen molar-refractivity contribution in [1.29, 1.82) is 0 Å². The summed E-state index contributed by atoms with van der Waals surface area (Å²) in [6, 6.07) is 15.6. The van der Waals surface area contributed by atoms with Gasteiger partial charge in [0.25, 0.3) is 0 Å². The molecule has 1 amide bonds. The molecular weight excluding hydrogens is 446 g/mol. The molecule has 1 N–H and O–H groups in total. The van der Waals surface area contributed by atoms with E-state index < -0.39 is 0 Å². The molecule has 162 valence electrons. The van der Waals surface area contributed by atoms with Crippen LogP contribution in [0.1, 0.15) is 55.1 Å². The highest BCUT2D eigenvalue weighted by molar-refractivity contribution is 8.03. The third-order valence-corrected chi connectivity index (χ3v) is 7.91. The molecule has 1 unspecified atom stereocenters. The van der Waals surface area contributed by atoms with Gasteiger partial charge in [-0.05, 0) is 55.2 Å². The Balaban J connectivity index is 1.50. The van der Waals surface area contributed by atoms with Crippen LogP contribution in [0.5, 0.6) is 0 Å². The number of hydrogen-bond donors (Lipinski definition) is 1. The largest absolute Gasteiger partial charge is 0.325 e. The number of anilines is 1. The lowest BCUT2D eigenvalue weighted by atomic mass is 10.0. The predicted molar refractivity (Wildman–Crippen MR) is 130 cm³/mol. The normalized spacial score (nSPS) is 12.0. The minimum Gasteiger partial charge on any atom is -0.325 e. The van der Waals surface area contributed by atoms with Crippen molar-refractivity contribution in [2.45, 2.75) is 53.3 Å². The number of carbonyl (C=O) groups excluding carboxylic acids is 2. The van der Waals surface area contributed by atoms with E-state index in [0.717, 1.165) is 14.4 Å². The van der Waals surface area contributed by atoms with Crippen molar-refractivity contribution in [3.63, 3.8) is 0 Å². The number of nitrogens with zero attached hydrogens (tertiary/aromatic N) is 2. The Morgan fingerprint density at radius 2 is 1.61 bits per heavy atom. The third-order valence-electron chi connectivity index (χ3n) is 4.60. The van der Waals surface area contributed by atoms with Crippen LogP contribution in [0.15, 0.2) is 57.2 Å². The number of Topliss-reactive ketones (excluding diaryl/α,β-unsaturated/α-hetero) is 1. The fourth-order valence-corrected chi connectivity index (χ4v) is 5.80. The Hall–Kier alpha value is -2.16. The number of carbonyl (C=O) groups is 2. The van der Waals surface area contributed by atoms with Gasteiger partial charge in [0.1, 0.15) is 0 Å². The van der Waals surface area contributed by atoms with Gasteiger partial charge in [0.05, 0.1) is 5.25 Å². The number of thioether (sulfide) groups is 2. The van der Waals surface area contributed by atoms with E-state index in [1.807, 2.05) is 6.92 Å². The third kappa shape index (κ3) is 6.92. The molecule has 0 bridgehead atoms. The quantitative estimate of drug-likeness (QED) is 0.293. The highest BCUT2D eigenvalue weighted by atomic mass is 32.2. The van der Waals surface area contributed by atoms with Gasteiger partial charge in [-0.25, -0.2) is 0 Å². The molecule has 0 aliphatic heterocycles. The molecule has 3 rings (SSSR count). The molecule has 1 aromatic heterocycles. The Morgan fingerprint density at radius 1 is 0.968 bits per heavy atom.